The lowest BCUT2D eigenvalue weighted by molar-refractivity contribution is 0.101. The Hall–Kier alpha value is -3.02. The first-order chi connectivity index (χ1) is 12.1. The molecule has 0 bridgehead atoms. The summed E-state index contributed by atoms with van der Waals surface area (Å²) in [6.45, 7) is 1.65. The van der Waals surface area contributed by atoms with Crippen molar-refractivity contribution in [1.82, 2.24) is 14.8 Å². The molecule has 1 fully saturated rings. The number of anilines is 1. The minimum absolute atomic E-state index is 0.118. The Morgan fingerprint density at radius 2 is 1.96 bits per heavy atom. The molecule has 0 unspecified atom stereocenters. The van der Waals surface area contributed by atoms with Crippen molar-refractivity contribution in [2.24, 2.45) is 0 Å². The number of hydrogen-bond donors (Lipinski definition) is 1. The number of aromatic nitrogens is 3. The fraction of sp³-hybridized carbons (Fsp3) is 0.211. The maximum Gasteiger partial charge on any atom is 0.295 e. The van der Waals surface area contributed by atoms with Crippen molar-refractivity contribution in [2.75, 3.05) is 5.32 Å². The van der Waals surface area contributed by atoms with E-state index >= 15 is 0 Å². The molecule has 0 spiro atoms. The summed E-state index contributed by atoms with van der Waals surface area (Å²) in [4.78, 5) is 17.0. The molecule has 4 rings (SSSR count). The average molecular weight is 336 g/mol. The van der Waals surface area contributed by atoms with Crippen LogP contribution in [0.1, 0.15) is 40.8 Å². The molecule has 1 N–H and O–H groups in total. The van der Waals surface area contributed by atoms with Crippen LogP contribution < -0.4 is 5.32 Å². The summed E-state index contributed by atoms with van der Waals surface area (Å²) in [5.74, 6) is 0.574. The number of aryl methyl sites for hydroxylation is 1. The van der Waals surface area contributed by atoms with Crippen molar-refractivity contribution in [3.8, 4) is 5.69 Å². The SMILES string of the molecule is Cc1cc(NC(=O)c2nc(C3CC3)n(-c3ccccc3)n2)ccc1F. The second-order valence-corrected chi connectivity index (χ2v) is 6.23. The predicted octanol–water partition coefficient (Wildman–Crippen LogP) is 3.84. The number of carbonyl (C=O) groups excluding carboxylic acids is 1. The quantitative estimate of drug-likeness (QED) is 0.787. The lowest BCUT2D eigenvalue weighted by Gasteiger charge is -2.04. The first-order valence-electron chi connectivity index (χ1n) is 8.22. The van der Waals surface area contributed by atoms with Gasteiger partial charge in [-0.15, -0.1) is 5.10 Å². The fourth-order valence-electron chi connectivity index (χ4n) is 2.69. The lowest BCUT2D eigenvalue weighted by atomic mass is 10.2. The molecular formula is C19H17FN4O. The van der Waals surface area contributed by atoms with Crippen molar-refractivity contribution in [1.29, 1.82) is 0 Å². The minimum atomic E-state index is -0.400. The molecule has 3 aromatic rings. The number of para-hydroxylation sites is 1. The zero-order valence-electron chi connectivity index (χ0n) is 13.7. The van der Waals surface area contributed by atoms with Crippen LogP contribution in [-0.4, -0.2) is 20.7 Å². The van der Waals surface area contributed by atoms with E-state index in [0.29, 0.717) is 17.2 Å². The molecule has 0 saturated heterocycles. The maximum atomic E-state index is 13.4. The molecular weight excluding hydrogens is 319 g/mol. The largest absolute Gasteiger partial charge is 0.319 e. The van der Waals surface area contributed by atoms with Crippen LogP contribution in [0.2, 0.25) is 0 Å². The Morgan fingerprint density at radius 3 is 2.64 bits per heavy atom. The molecule has 6 heteroatoms. The Morgan fingerprint density at radius 1 is 1.20 bits per heavy atom. The third kappa shape index (κ3) is 3.15. The Bertz CT molecular complexity index is 932. The van der Waals surface area contributed by atoms with Gasteiger partial charge in [0.25, 0.3) is 5.91 Å². The molecule has 0 atom stereocenters. The van der Waals surface area contributed by atoms with Gasteiger partial charge in [-0.1, -0.05) is 18.2 Å². The van der Waals surface area contributed by atoms with Crippen molar-refractivity contribution in [3.05, 3.63) is 71.6 Å². The van der Waals surface area contributed by atoms with Crippen LogP contribution in [0, 0.1) is 12.7 Å². The molecule has 0 radical (unpaired) electrons. The number of hydrogen-bond acceptors (Lipinski definition) is 3. The summed E-state index contributed by atoms with van der Waals surface area (Å²) in [6, 6.07) is 14.1. The summed E-state index contributed by atoms with van der Waals surface area (Å²) in [7, 11) is 0. The number of carbonyl (C=O) groups is 1. The molecule has 1 aromatic heterocycles. The van der Waals surface area contributed by atoms with E-state index in [1.165, 1.54) is 12.1 Å². The van der Waals surface area contributed by atoms with E-state index in [-0.39, 0.29) is 11.6 Å². The number of nitrogens with zero attached hydrogens (tertiary/aromatic N) is 3. The Kier molecular flexibility index (Phi) is 3.80. The van der Waals surface area contributed by atoms with Crippen molar-refractivity contribution in [3.63, 3.8) is 0 Å². The molecule has 1 amide bonds. The van der Waals surface area contributed by atoms with Crippen LogP contribution in [0.4, 0.5) is 10.1 Å². The third-order valence-corrected chi connectivity index (χ3v) is 4.19. The number of nitrogens with one attached hydrogen (secondary N) is 1. The summed E-state index contributed by atoms with van der Waals surface area (Å²) < 4.78 is 15.1. The van der Waals surface area contributed by atoms with Gasteiger partial charge in [0, 0.05) is 11.6 Å². The molecule has 1 heterocycles. The highest BCUT2D eigenvalue weighted by atomic mass is 19.1. The number of benzene rings is 2. The zero-order chi connectivity index (χ0) is 17.4. The van der Waals surface area contributed by atoms with E-state index in [4.69, 9.17) is 0 Å². The van der Waals surface area contributed by atoms with Crippen LogP contribution in [0.25, 0.3) is 5.69 Å². The first kappa shape index (κ1) is 15.5. The molecule has 1 aliphatic carbocycles. The molecule has 126 valence electrons. The summed E-state index contributed by atoms with van der Waals surface area (Å²) in [5, 5.41) is 7.13. The standard InChI is InChI=1S/C19H17FN4O/c1-12-11-14(9-10-16(12)20)21-19(25)17-22-18(13-7-8-13)24(23-17)15-5-3-2-4-6-15/h2-6,9-11,13H,7-8H2,1H3,(H,21,25). The molecule has 1 aliphatic rings. The Labute approximate surface area is 144 Å². The highest BCUT2D eigenvalue weighted by molar-refractivity contribution is 6.01. The van der Waals surface area contributed by atoms with Gasteiger partial charge in [0.2, 0.25) is 5.82 Å². The van der Waals surface area contributed by atoms with E-state index < -0.39 is 5.91 Å². The molecule has 25 heavy (non-hydrogen) atoms. The van der Waals surface area contributed by atoms with Gasteiger partial charge in [-0.3, -0.25) is 4.79 Å². The second kappa shape index (κ2) is 6.12. The summed E-state index contributed by atoms with van der Waals surface area (Å²) in [6.07, 6.45) is 2.12. The van der Waals surface area contributed by atoms with Gasteiger partial charge in [0.1, 0.15) is 11.6 Å². The topological polar surface area (TPSA) is 59.8 Å². The van der Waals surface area contributed by atoms with Gasteiger partial charge >= 0.3 is 0 Å². The van der Waals surface area contributed by atoms with E-state index in [2.05, 4.69) is 15.4 Å². The summed E-state index contributed by atoms with van der Waals surface area (Å²) >= 11 is 0. The monoisotopic (exact) mass is 336 g/mol. The van der Waals surface area contributed by atoms with Gasteiger partial charge in [0.05, 0.1) is 5.69 Å². The van der Waals surface area contributed by atoms with E-state index in [1.807, 2.05) is 30.3 Å². The minimum Gasteiger partial charge on any atom is -0.319 e. The maximum absolute atomic E-state index is 13.4. The number of amides is 1. The fourth-order valence-corrected chi connectivity index (χ4v) is 2.69. The van der Waals surface area contributed by atoms with Crippen molar-refractivity contribution in [2.45, 2.75) is 25.7 Å². The van der Waals surface area contributed by atoms with Crippen molar-refractivity contribution >= 4 is 11.6 Å². The van der Waals surface area contributed by atoms with Crippen LogP contribution >= 0.6 is 0 Å². The molecule has 0 aliphatic heterocycles. The lowest BCUT2D eigenvalue weighted by Crippen LogP contribution is -2.14. The smallest absolute Gasteiger partial charge is 0.295 e. The van der Waals surface area contributed by atoms with Gasteiger partial charge in [-0.25, -0.2) is 14.1 Å². The molecule has 2 aromatic carbocycles. The van der Waals surface area contributed by atoms with Gasteiger partial charge in [-0.2, -0.15) is 0 Å². The van der Waals surface area contributed by atoms with Crippen LogP contribution in [0.5, 0.6) is 0 Å². The normalized spacial score (nSPS) is 13.7. The first-order valence-corrected chi connectivity index (χ1v) is 8.22. The third-order valence-electron chi connectivity index (χ3n) is 4.19. The van der Waals surface area contributed by atoms with Crippen molar-refractivity contribution < 1.29 is 9.18 Å². The second-order valence-electron chi connectivity index (χ2n) is 6.23. The van der Waals surface area contributed by atoms with Crippen LogP contribution in [0.3, 0.4) is 0 Å². The van der Waals surface area contributed by atoms with E-state index in [1.54, 1.807) is 17.7 Å². The van der Waals surface area contributed by atoms with Gasteiger partial charge in [0.15, 0.2) is 0 Å². The van der Waals surface area contributed by atoms with Crippen LogP contribution in [-0.2, 0) is 0 Å². The molecule has 5 nitrogen and oxygen atoms in total. The van der Waals surface area contributed by atoms with Gasteiger partial charge in [-0.05, 0) is 55.7 Å². The Balaban J connectivity index is 1.64. The van der Waals surface area contributed by atoms with E-state index in [9.17, 15) is 9.18 Å². The average Bonchev–Trinajstić information content (AvgIpc) is 3.37. The van der Waals surface area contributed by atoms with Crippen LogP contribution in [0.15, 0.2) is 48.5 Å². The van der Waals surface area contributed by atoms with Gasteiger partial charge < -0.3 is 5.32 Å². The highest BCUT2D eigenvalue weighted by Gasteiger charge is 2.31. The van der Waals surface area contributed by atoms with E-state index in [0.717, 1.165) is 24.4 Å². The highest BCUT2D eigenvalue weighted by Crippen LogP contribution is 2.39. The summed E-state index contributed by atoms with van der Waals surface area (Å²) in [5.41, 5.74) is 1.88. The predicted molar refractivity (Wildman–Crippen MR) is 92.4 cm³/mol. The zero-order valence-corrected chi connectivity index (χ0v) is 13.7. The number of rotatable bonds is 4. The number of halogens is 1. The molecule has 1 saturated carbocycles.